The van der Waals surface area contributed by atoms with E-state index in [-0.39, 0.29) is 18.0 Å². The van der Waals surface area contributed by atoms with Crippen molar-refractivity contribution in [3.8, 4) is 0 Å². The number of nitrogens with zero attached hydrogens (tertiary/aromatic N) is 1. The number of likely N-dealkylation sites (tertiary alicyclic amines) is 1. The summed E-state index contributed by atoms with van der Waals surface area (Å²) in [6.45, 7) is 0.822. The van der Waals surface area contributed by atoms with E-state index in [0.717, 1.165) is 32.2 Å². The predicted octanol–water partition coefficient (Wildman–Crippen LogP) is 4.00. The minimum Gasteiger partial charge on any atom is -0.462 e. The Morgan fingerprint density at radius 2 is 2.08 bits per heavy atom. The number of hydrogen-bond donors (Lipinski definition) is 1. The van der Waals surface area contributed by atoms with Gasteiger partial charge in [0.2, 0.25) is 0 Å². The Bertz CT molecular complexity index is 821. The van der Waals surface area contributed by atoms with Crippen molar-refractivity contribution in [3.05, 3.63) is 35.5 Å². The number of piperidine rings is 1. The third-order valence-electron chi connectivity index (χ3n) is 6.89. The topological polar surface area (TPSA) is 45.3 Å². The van der Waals surface area contributed by atoms with Gasteiger partial charge in [-0.1, -0.05) is 18.6 Å². The second-order valence-corrected chi connectivity index (χ2v) is 8.53. The molecule has 1 aliphatic heterocycles. The lowest BCUT2D eigenvalue weighted by Gasteiger charge is -2.45. The number of rotatable bonds is 2. The van der Waals surface area contributed by atoms with Crippen molar-refractivity contribution in [2.45, 2.75) is 63.0 Å². The Morgan fingerprint density at radius 1 is 1.23 bits per heavy atom. The van der Waals surface area contributed by atoms with Gasteiger partial charge in [-0.05, 0) is 62.8 Å². The van der Waals surface area contributed by atoms with E-state index < -0.39 is 0 Å². The zero-order valence-electron chi connectivity index (χ0n) is 15.5. The fourth-order valence-corrected chi connectivity index (χ4v) is 5.56. The average Bonchev–Trinajstić information content (AvgIpc) is 3.08. The summed E-state index contributed by atoms with van der Waals surface area (Å²) in [5.41, 5.74) is 4.06. The summed E-state index contributed by atoms with van der Waals surface area (Å²) in [4.78, 5) is 18.7. The Morgan fingerprint density at radius 3 is 2.92 bits per heavy atom. The maximum Gasteiger partial charge on any atom is 0.310 e. The summed E-state index contributed by atoms with van der Waals surface area (Å²) >= 11 is 0. The molecule has 3 aliphatic rings. The number of ether oxygens (including phenoxy) is 1. The monoisotopic (exact) mass is 352 g/mol. The molecule has 3 atom stereocenters. The van der Waals surface area contributed by atoms with Crippen LogP contribution in [-0.2, 0) is 16.0 Å². The summed E-state index contributed by atoms with van der Waals surface area (Å²) in [6, 6.07) is 7.05. The molecule has 2 aromatic rings. The van der Waals surface area contributed by atoms with Crippen LogP contribution in [0.5, 0.6) is 0 Å². The van der Waals surface area contributed by atoms with Crippen molar-refractivity contribution < 1.29 is 9.53 Å². The Labute approximate surface area is 154 Å². The summed E-state index contributed by atoms with van der Waals surface area (Å²) in [5, 5.41) is 1.39. The summed E-state index contributed by atoms with van der Waals surface area (Å²) in [6.07, 6.45) is 10.1. The molecular formula is C22H28N2O2. The van der Waals surface area contributed by atoms with Crippen LogP contribution in [0.15, 0.2) is 24.4 Å². The van der Waals surface area contributed by atoms with Crippen LogP contribution in [0.2, 0.25) is 0 Å². The van der Waals surface area contributed by atoms with Gasteiger partial charge in [-0.2, -0.15) is 0 Å². The van der Waals surface area contributed by atoms with E-state index in [0.29, 0.717) is 12.0 Å². The molecule has 0 bridgehead atoms. The van der Waals surface area contributed by atoms with E-state index >= 15 is 0 Å². The lowest BCUT2D eigenvalue weighted by Crippen LogP contribution is -2.50. The van der Waals surface area contributed by atoms with Crippen LogP contribution in [0.25, 0.3) is 10.9 Å². The number of aromatic amines is 1. The van der Waals surface area contributed by atoms with Crippen LogP contribution in [-0.4, -0.2) is 41.6 Å². The molecule has 2 heterocycles. The number of carbonyl (C=O) groups excluding carboxylic acids is 1. The van der Waals surface area contributed by atoms with Gasteiger partial charge in [-0.15, -0.1) is 0 Å². The molecule has 138 valence electrons. The van der Waals surface area contributed by atoms with E-state index in [4.69, 9.17) is 4.74 Å². The lowest BCUT2D eigenvalue weighted by atomic mass is 9.72. The molecular weight excluding hydrogens is 324 g/mol. The maximum absolute atomic E-state index is 12.9. The largest absolute Gasteiger partial charge is 0.462 e. The summed E-state index contributed by atoms with van der Waals surface area (Å²) < 4.78 is 5.91. The number of esters is 1. The second kappa shape index (κ2) is 6.41. The van der Waals surface area contributed by atoms with Crippen LogP contribution in [0.3, 0.4) is 0 Å². The van der Waals surface area contributed by atoms with Gasteiger partial charge < -0.3 is 14.6 Å². The van der Waals surface area contributed by atoms with Crippen molar-refractivity contribution >= 4 is 16.9 Å². The van der Waals surface area contributed by atoms with Gasteiger partial charge in [0, 0.05) is 35.6 Å². The highest BCUT2D eigenvalue weighted by atomic mass is 16.5. The molecule has 26 heavy (non-hydrogen) atoms. The quantitative estimate of drug-likeness (QED) is 0.831. The van der Waals surface area contributed by atoms with Crippen LogP contribution in [0.1, 0.15) is 55.6 Å². The third kappa shape index (κ3) is 2.66. The normalized spacial score (nSPS) is 29.5. The molecule has 0 amide bonds. The van der Waals surface area contributed by atoms with Crippen molar-refractivity contribution in [3.63, 3.8) is 0 Å². The van der Waals surface area contributed by atoms with E-state index in [1.807, 2.05) is 0 Å². The second-order valence-electron chi connectivity index (χ2n) is 8.53. The van der Waals surface area contributed by atoms with E-state index in [1.54, 1.807) is 0 Å². The van der Waals surface area contributed by atoms with Gasteiger partial charge in [0.1, 0.15) is 6.10 Å². The Kier molecular flexibility index (Phi) is 4.04. The van der Waals surface area contributed by atoms with Crippen LogP contribution >= 0.6 is 0 Å². The average molecular weight is 352 g/mol. The van der Waals surface area contributed by atoms with Gasteiger partial charge >= 0.3 is 5.97 Å². The van der Waals surface area contributed by atoms with E-state index in [2.05, 4.69) is 41.3 Å². The fraction of sp³-hybridized carbons (Fsp3) is 0.591. The molecule has 1 N–H and O–H groups in total. The van der Waals surface area contributed by atoms with Gasteiger partial charge in [0.15, 0.2) is 0 Å². The first-order chi connectivity index (χ1) is 12.7. The van der Waals surface area contributed by atoms with Crippen molar-refractivity contribution in [2.75, 3.05) is 13.6 Å². The molecule has 1 aromatic heterocycles. The molecule has 2 aliphatic carbocycles. The van der Waals surface area contributed by atoms with E-state index in [1.165, 1.54) is 41.3 Å². The summed E-state index contributed by atoms with van der Waals surface area (Å²) in [7, 11) is 2.18. The number of nitrogens with one attached hydrogen (secondary N) is 1. The first-order valence-corrected chi connectivity index (χ1v) is 10.2. The van der Waals surface area contributed by atoms with E-state index in [9.17, 15) is 4.79 Å². The van der Waals surface area contributed by atoms with Crippen LogP contribution in [0.4, 0.5) is 0 Å². The molecule has 0 spiro atoms. The highest BCUT2D eigenvalue weighted by Crippen LogP contribution is 2.44. The number of fused-ring (bicyclic) bond motifs is 2. The van der Waals surface area contributed by atoms with Gasteiger partial charge in [-0.3, -0.25) is 4.79 Å². The highest BCUT2D eigenvalue weighted by Gasteiger charge is 2.42. The molecule has 0 radical (unpaired) electrons. The first-order valence-electron chi connectivity index (χ1n) is 10.2. The van der Waals surface area contributed by atoms with Gasteiger partial charge in [0.05, 0.1) is 5.92 Å². The molecule has 1 saturated carbocycles. The number of carbonyl (C=O) groups is 1. The molecule has 4 heteroatoms. The Balaban J connectivity index is 1.39. The Hall–Kier alpha value is -1.81. The van der Waals surface area contributed by atoms with Gasteiger partial charge in [-0.25, -0.2) is 0 Å². The molecule has 1 saturated heterocycles. The van der Waals surface area contributed by atoms with Crippen LogP contribution < -0.4 is 0 Å². The lowest BCUT2D eigenvalue weighted by molar-refractivity contribution is -0.158. The molecule has 4 nitrogen and oxygen atoms in total. The van der Waals surface area contributed by atoms with Crippen molar-refractivity contribution in [1.29, 1.82) is 0 Å². The molecule has 2 unspecified atom stereocenters. The number of likely N-dealkylation sites (N-methyl/N-ethyl adjacent to an activating group) is 1. The number of benzene rings is 1. The predicted molar refractivity (Wildman–Crippen MR) is 102 cm³/mol. The minimum atomic E-state index is -0.000996. The molecule has 2 fully saturated rings. The zero-order valence-corrected chi connectivity index (χ0v) is 15.5. The maximum atomic E-state index is 12.9. The SMILES string of the molecule is CN1C[C@H](C(=O)OC2CCCCC2)CC2c3cccc4[nH]cc(c34)CC21. The number of aromatic nitrogens is 1. The van der Waals surface area contributed by atoms with Crippen LogP contribution in [0, 0.1) is 5.92 Å². The number of H-pyrrole nitrogens is 1. The first kappa shape index (κ1) is 16.4. The molecule has 1 aromatic carbocycles. The summed E-state index contributed by atoms with van der Waals surface area (Å²) in [5.74, 6) is 0.456. The standard InChI is InChI=1S/C22H28N2O2/c1-24-13-15(22(25)26-16-6-3-2-4-7-16)10-18-17-8-5-9-19-21(17)14(12-23-19)11-20(18)24/h5,8-9,12,15-16,18,20,23H,2-4,6-7,10-11,13H2,1H3/t15-,18?,20?/m1/s1. The smallest absolute Gasteiger partial charge is 0.310 e. The number of hydrogen-bond acceptors (Lipinski definition) is 3. The minimum absolute atomic E-state index is 0.000996. The van der Waals surface area contributed by atoms with Crippen molar-refractivity contribution in [2.24, 2.45) is 5.92 Å². The molecule has 5 rings (SSSR count). The zero-order chi connectivity index (χ0) is 17.7. The van der Waals surface area contributed by atoms with Gasteiger partial charge in [0.25, 0.3) is 0 Å². The fourth-order valence-electron chi connectivity index (χ4n) is 5.56. The third-order valence-corrected chi connectivity index (χ3v) is 6.89. The highest BCUT2D eigenvalue weighted by molar-refractivity contribution is 5.88. The van der Waals surface area contributed by atoms with Crippen molar-refractivity contribution in [1.82, 2.24) is 9.88 Å².